The summed E-state index contributed by atoms with van der Waals surface area (Å²) < 4.78 is 5.21. The molecule has 1 aromatic carbocycles. The molecule has 0 saturated carbocycles. The van der Waals surface area contributed by atoms with E-state index in [2.05, 4.69) is 10.3 Å². The highest BCUT2D eigenvalue weighted by Gasteiger charge is 2.27. The molecule has 6 nitrogen and oxygen atoms in total. The number of carbonyl (C=O) groups is 2. The molecule has 1 N–H and O–H groups in total. The van der Waals surface area contributed by atoms with E-state index in [9.17, 15) is 9.59 Å². The number of hydrogen-bond acceptors (Lipinski definition) is 4. The molecule has 0 radical (unpaired) electrons. The van der Waals surface area contributed by atoms with Gasteiger partial charge in [0.25, 0.3) is 11.8 Å². The van der Waals surface area contributed by atoms with Gasteiger partial charge in [0.1, 0.15) is 0 Å². The van der Waals surface area contributed by atoms with Gasteiger partial charge in [-0.3, -0.25) is 14.6 Å². The van der Waals surface area contributed by atoms with Crippen LogP contribution in [0.15, 0.2) is 65.5 Å². The average molecular weight is 333 g/mol. The number of anilines is 2. The molecule has 1 aliphatic heterocycles. The number of furan rings is 1. The Hall–Kier alpha value is -3.41. The SMILES string of the molecule is O=C(Nc1ccc2c(c1)N(C(=O)c1ccco1)CC2)c1ccncc1. The van der Waals surface area contributed by atoms with Gasteiger partial charge >= 0.3 is 0 Å². The van der Waals surface area contributed by atoms with Crippen LogP contribution in [0.3, 0.4) is 0 Å². The number of aromatic nitrogens is 1. The molecule has 2 amide bonds. The summed E-state index contributed by atoms with van der Waals surface area (Å²) in [6.45, 7) is 0.594. The number of rotatable bonds is 3. The predicted octanol–water partition coefficient (Wildman–Crippen LogP) is 3.13. The summed E-state index contributed by atoms with van der Waals surface area (Å²) in [5.41, 5.74) is 3.04. The number of carbonyl (C=O) groups excluding carboxylic acids is 2. The minimum atomic E-state index is -0.218. The molecule has 6 heteroatoms. The Balaban J connectivity index is 1.58. The highest BCUT2D eigenvalue weighted by Crippen LogP contribution is 2.32. The summed E-state index contributed by atoms with van der Waals surface area (Å²) in [6, 6.07) is 12.2. The number of benzene rings is 1. The van der Waals surface area contributed by atoms with E-state index in [1.54, 1.807) is 41.6 Å². The minimum Gasteiger partial charge on any atom is -0.459 e. The summed E-state index contributed by atoms with van der Waals surface area (Å²) in [6.07, 6.45) is 5.40. The zero-order chi connectivity index (χ0) is 17.2. The van der Waals surface area contributed by atoms with E-state index >= 15 is 0 Å². The molecular weight excluding hydrogens is 318 g/mol. The van der Waals surface area contributed by atoms with E-state index < -0.39 is 0 Å². The van der Waals surface area contributed by atoms with Crippen LogP contribution in [0.2, 0.25) is 0 Å². The van der Waals surface area contributed by atoms with E-state index in [0.29, 0.717) is 23.6 Å². The molecule has 0 fully saturated rings. The monoisotopic (exact) mass is 333 g/mol. The lowest BCUT2D eigenvalue weighted by molar-refractivity contribution is 0.0962. The number of nitrogens with one attached hydrogen (secondary N) is 1. The smallest absolute Gasteiger partial charge is 0.293 e. The molecule has 4 rings (SSSR count). The van der Waals surface area contributed by atoms with Crippen molar-refractivity contribution in [3.05, 3.63) is 78.0 Å². The lowest BCUT2D eigenvalue weighted by atomic mass is 10.1. The first-order chi connectivity index (χ1) is 12.2. The first-order valence-corrected chi connectivity index (χ1v) is 7.92. The van der Waals surface area contributed by atoms with E-state index in [0.717, 1.165) is 17.7 Å². The Labute approximate surface area is 144 Å². The van der Waals surface area contributed by atoms with Gasteiger partial charge in [-0.1, -0.05) is 6.07 Å². The lowest BCUT2D eigenvalue weighted by Gasteiger charge is -2.17. The van der Waals surface area contributed by atoms with Crippen molar-refractivity contribution in [3.8, 4) is 0 Å². The van der Waals surface area contributed by atoms with Crippen LogP contribution >= 0.6 is 0 Å². The minimum absolute atomic E-state index is 0.179. The van der Waals surface area contributed by atoms with Gasteiger partial charge in [-0.2, -0.15) is 0 Å². The van der Waals surface area contributed by atoms with Crippen LogP contribution in [0.25, 0.3) is 0 Å². The zero-order valence-corrected chi connectivity index (χ0v) is 13.3. The Morgan fingerprint density at radius 2 is 1.96 bits per heavy atom. The Bertz CT molecular complexity index is 920. The van der Waals surface area contributed by atoms with Gasteiger partial charge in [0.2, 0.25) is 0 Å². The molecule has 1 aliphatic rings. The molecule has 0 saturated heterocycles. The van der Waals surface area contributed by atoms with Crippen molar-refractivity contribution in [2.75, 3.05) is 16.8 Å². The molecule has 0 aliphatic carbocycles. The molecule has 3 heterocycles. The summed E-state index contributed by atoms with van der Waals surface area (Å²) in [7, 11) is 0. The van der Waals surface area contributed by atoms with Crippen molar-refractivity contribution >= 4 is 23.2 Å². The van der Waals surface area contributed by atoms with Gasteiger partial charge in [-0.05, 0) is 48.4 Å². The van der Waals surface area contributed by atoms with Gasteiger partial charge in [-0.15, -0.1) is 0 Å². The fourth-order valence-corrected chi connectivity index (χ4v) is 2.91. The normalized spacial score (nSPS) is 12.7. The van der Waals surface area contributed by atoms with Crippen molar-refractivity contribution in [1.82, 2.24) is 4.98 Å². The molecule has 0 atom stereocenters. The number of fused-ring (bicyclic) bond motifs is 1. The fourth-order valence-electron chi connectivity index (χ4n) is 2.91. The van der Waals surface area contributed by atoms with Crippen LogP contribution < -0.4 is 10.2 Å². The maximum atomic E-state index is 12.6. The van der Waals surface area contributed by atoms with Crippen molar-refractivity contribution in [3.63, 3.8) is 0 Å². The quantitative estimate of drug-likeness (QED) is 0.799. The highest BCUT2D eigenvalue weighted by atomic mass is 16.3. The molecule has 2 aromatic heterocycles. The predicted molar refractivity (Wildman–Crippen MR) is 92.7 cm³/mol. The second-order valence-electron chi connectivity index (χ2n) is 5.72. The van der Waals surface area contributed by atoms with Crippen LogP contribution in [0.5, 0.6) is 0 Å². The first kappa shape index (κ1) is 15.1. The van der Waals surface area contributed by atoms with Crippen molar-refractivity contribution in [2.45, 2.75) is 6.42 Å². The molecule has 0 spiro atoms. The number of amides is 2. The molecule has 3 aromatic rings. The number of nitrogens with zero attached hydrogens (tertiary/aromatic N) is 2. The maximum absolute atomic E-state index is 12.6. The zero-order valence-electron chi connectivity index (χ0n) is 13.3. The first-order valence-electron chi connectivity index (χ1n) is 7.92. The van der Waals surface area contributed by atoms with Gasteiger partial charge < -0.3 is 14.6 Å². The molecule has 25 heavy (non-hydrogen) atoms. The van der Waals surface area contributed by atoms with Crippen molar-refractivity contribution in [1.29, 1.82) is 0 Å². The average Bonchev–Trinajstić information content (AvgIpc) is 3.31. The summed E-state index contributed by atoms with van der Waals surface area (Å²) in [4.78, 5) is 30.4. The van der Waals surface area contributed by atoms with E-state index in [-0.39, 0.29) is 11.8 Å². The molecule has 0 unspecified atom stereocenters. The molecular formula is C19H15N3O3. The largest absolute Gasteiger partial charge is 0.459 e. The van der Waals surface area contributed by atoms with Gasteiger partial charge in [0.05, 0.1) is 6.26 Å². The molecule has 0 bridgehead atoms. The van der Waals surface area contributed by atoms with Crippen LogP contribution in [0.4, 0.5) is 11.4 Å². The lowest BCUT2D eigenvalue weighted by Crippen LogP contribution is -2.28. The van der Waals surface area contributed by atoms with Crippen molar-refractivity contribution in [2.24, 2.45) is 0 Å². The second-order valence-corrected chi connectivity index (χ2v) is 5.72. The Kier molecular flexibility index (Phi) is 3.78. The Morgan fingerprint density at radius 3 is 2.72 bits per heavy atom. The van der Waals surface area contributed by atoms with Crippen molar-refractivity contribution < 1.29 is 14.0 Å². The fraction of sp³-hybridized carbons (Fsp3) is 0.105. The van der Waals surface area contributed by atoms with Crippen LogP contribution in [0.1, 0.15) is 26.5 Å². The highest BCUT2D eigenvalue weighted by molar-refractivity contribution is 6.07. The third kappa shape index (κ3) is 2.89. The van der Waals surface area contributed by atoms with Crippen LogP contribution in [-0.2, 0) is 6.42 Å². The topological polar surface area (TPSA) is 75.4 Å². The van der Waals surface area contributed by atoms with E-state index in [4.69, 9.17) is 4.42 Å². The van der Waals surface area contributed by atoms with Gasteiger partial charge in [0.15, 0.2) is 5.76 Å². The third-order valence-corrected chi connectivity index (χ3v) is 4.16. The standard InChI is InChI=1S/C19H15N3O3/c23-18(14-5-8-20-9-6-14)21-15-4-3-13-7-10-22(16(13)12-15)19(24)17-2-1-11-25-17/h1-6,8-9,11-12H,7,10H2,(H,21,23). The third-order valence-electron chi connectivity index (χ3n) is 4.16. The van der Waals surface area contributed by atoms with Gasteiger partial charge in [-0.25, -0.2) is 0 Å². The van der Waals surface area contributed by atoms with E-state index in [1.165, 1.54) is 6.26 Å². The summed E-state index contributed by atoms with van der Waals surface area (Å²) >= 11 is 0. The maximum Gasteiger partial charge on any atom is 0.293 e. The summed E-state index contributed by atoms with van der Waals surface area (Å²) in [5, 5.41) is 2.85. The van der Waals surface area contributed by atoms with E-state index in [1.807, 2.05) is 18.2 Å². The number of hydrogen-bond donors (Lipinski definition) is 1. The van der Waals surface area contributed by atoms with Crippen LogP contribution in [-0.4, -0.2) is 23.3 Å². The number of pyridine rings is 1. The second kappa shape index (κ2) is 6.24. The van der Waals surface area contributed by atoms with Crippen LogP contribution in [0, 0.1) is 0 Å². The molecule has 124 valence electrons. The van der Waals surface area contributed by atoms with Gasteiger partial charge in [0, 0.05) is 35.9 Å². The Morgan fingerprint density at radius 1 is 1.12 bits per heavy atom. The summed E-state index contributed by atoms with van der Waals surface area (Å²) in [5.74, 6) is -0.0929.